The lowest BCUT2D eigenvalue weighted by atomic mass is 10.0. The molecular formula is C15H18FNO4. The molecule has 114 valence electrons. The Labute approximate surface area is 122 Å². The summed E-state index contributed by atoms with van der Waals surface area (Å²) in [5.74, 6) is -2.59. The number of rotatable bonds is 4. The number of aliphatic carboxylic acids is 1. The lowest BCUT2D eigenvalue weighted by Crippen LogP contribution is -2.46. The Morgan fingerprint density at radius 3 is 2.67 bits per heavy atom. The molecule has 0 saturated carbocycles. The minimum atomic E-state index is -0.987. The SMILES string of the molecule is CCN(C(=O)c1cc(C)cc(F)c1)C1COCC1C(=O)O. The van der Waals surface area contributed by atoms with Gasteiger partial charge in [-0.1, -0.05) is 0 Å². The van der Waals surface area contributed by atoms with Crippen LogP contribution in [-0.2, 0) is 9.53 Å². The molecule has 1 N–H and O–H groups in total. The Bertz CT molecular complexity index is 540. The highest BCUT2D eigenvalue weighted by atomic mass is 19.1. The molecule has 0 aromatic heterocycles. The van der Waals surface area contributed by atoms with Crippen LogP contribution in [0.15, 0.2) is 18.2 Å². The minimum Gasteiger partial charge on any atom is -0.481 e. The molecular weight excluding hydrogens is 277 g/mol. The van der Waals surface area contributed by atoms with Crippen molar-refractivity contribution in [1.82, 2.24) is 4.90 Å². The topological polar surface area (TPSA) is 66.8 Å². The number of carboxylic acid groups (broad SMARTS) is 1. The second-order valence-corrected chi connectivity index (χ2v) is 5.16. The van der Waals surface area contributed by atoms with Gasteiger partial charge in [0.25, 0.3) is 5.91 Å². The maximum atomic E-state index is 13.4. The number of carbonyl (C=O) groups is 2. The van der Waals surface area contributed by atoms with E-state index in [9.17, 15) is 19.1 Å². The molecule has 21 heavy (non-hydrogen) atoms. The van der Waals surface area contributed by atoms with Crippen molar-refractivity contribution in [3.63, 3.8) is 0 Å². The van der Waals surface area contributed by atoms with Gasteiger partial charge < -0.3 is 14.7 Å². The number of aryl methyl sites for hydroxylation is 1. The predicted molar refractivity (Wildman–Crippen MR) is 73.6 cm³/mol. The number of ether oxygens (including phenoxy) is 1. The first-order valence-corrected chi connectivity index (χ1v) is 6.82. The molecule has 0 bridgehead atoms. The number of likely N-dealkylation sites (N-methyl/N-ethyl adjacent to an activating group) is 1. The molecule has 0 aliphatic carbocycles. The molecule has 1 aromatic carbocycles. The number of carbonyl (C=O) groups excluding carboxylic acids is 1. The second-order valence-electron chi connectivity index (χ2n) is 5.16. The molecule has 1 aromatic rings. The summed E-state index contributed by atoms with van der Waals surface area (Å²) in [6.07, 6.45) is 0. The van der Waals surface area contributed by atoms with Crippen LogP contribution in [0, 0.1) is 18.7 Å². The van der Waals surface area contributed by atoms with E-state index < -0.39 is 23.7 Å². The Morgan fingerprint density at radius 1 is 1.38 bits per heavy atom. The zero-order valence-electron chi connectivity index (χ0n) is 12.0. The van der Waals surface area contributed by atoms with Gasteiger partial charge in [0, 0.05) is 12.1 Å². The van der Waals surface area contributed by atoms with Crippen LogP contribution >= 0.6 is 0 Å². The van der Waals surface area contributed by atoms with Crippen molar-refractivity contribution in [3.8, 4) is 0 Å². The van der Waals surface area contributed by atoms with Crippen molar-refractivity contribution in [1.29, 1.82) is 0 Å². The average molecular weight is 295 g/mol. The molecule has 6 heteroatoms. The summed E-state index contributed by atoms with van der Waals surface area (Å²) < 4.78 is 18.6. The summed E-state index contributed by atoms with van der Waals surface area (Å²) in [5, 5.41) is 9.19. The molecule has 0 spiro atoms. The maximum Gasteiger partial charge on any atom is 0.311 e. The van der Waals surface area contributed by atoms with Gasteiger partial charge in [-0.25, -0.2) is 4.39 Å². The van der Waals surface area contributed by atoms with Gasteiger partial charge in [0.15, 0.2) is 0 Å². The fourth-order valence-electron chi connectivity index (χ4n) is 2.64. The summed E-state index contributed by atoms with van der Waals surface area (Å²) in [6, 6.07) is 3.58. The van der Waals surface area contributed by atoms with Gasteiger partial charge in [-0.2, -0.15) is 0 Å². The summed E-state index contributed by atoms with van der Waals surface area (Å²) in [7, 11) is 0. The van der Waals surface area contributed by atoms with Crippen molar-refractivity contribution in [3.05, 3.63) is 35.1 Å². The fourth-order valence-corrected chi connectivity index (χ4v) is 2.64. The van der Waals surface area contributed by atoms with Gasteiger partial charge in [-0.05, 0) is 37.6 Å². The molecule has 2 atom stereocenters. The third-order valence-electron chi connectivity index (χ3n) is 3.66. The van der Waals surface area contributed by atoms with Gasteiger partial charge in [-0.15, -0.1) is 0 Å². The predicted octanol–water partition coefficient (Wildman–Crippen LogP) is 1.70. The largest absolute Gasteiger partial charge is 0.481 e. The van der Waals surface area contributed by atoms with E-state index in [2.05, 4.69) is 0 Å². The van der Waals surface area contributed by atoms with Crippen molar-refractivity contribution >= 4 is 11.9 Å². The van der Waals surface area contributed by atoms with E-state index in [1.807, 2.05) is 0 Å². The number of halogens is 1. The summed E-state index contributed by atoms with van der Waals surface area (Å²) >= 11 is 0. The van der Waals surface area contributed by atoms with Gasteiger partial charge in [0.1, 0.15) is 11.7 Å². The Morgan fingerprint density at radius 2 is 2.10 bits per heavy atom. The number of benzene rings is 1. The van der Waals surface area contributed by atoms with E-state index in [1.165, 1.54) is 17.0 Å². The molecule has 1 amide bonds. The number of nitrogens with zero attached hydrogens (tertiary/aromatic N) is 1. The quantitative estimate of drug-likeness (QED) is 0.918. The molecule has 2 unspecified atom stereocenters. The first-order valence-electron chi connectivity index (χ1n) is 6.82. The van der Waals surface area contributed by atoms with Crippen molar-refractivity contribution in [2.45, 2.75) is 19.9 Å². The van der Waals surface area contributed by atoms with E-state index in [-0.39, 0.29) is 24.7 Å². The number of hydrogen-bond acceptors (Lipinski definition) is 3. The molecule has 1 aliphatic heterocycles. The van der Waals surface area contributed by atoms with E-state index in [0.717, 1.165) is 0 Å². The summed E-state index contributed by atoms with van der Waals surface area (Å²) in [6.45, 7) is 4.08. The molecule has 1 aliphatic rings. The zero-order valence-corrected chi connectivity index (χ0v) is 12.0. The van der Waals surface area contributed by atoms with Crippen molar-refractivity contribution < 1.29 is 23.8 Å². The normalized spacial score (nSPS) is 21.3. The molecule has 2 rings (SSSR count). The molecule has 1 fully saturated rings. The van der Waals surface area contributed by atoms with Crippen LogP contribution in [0.4, 0.5) is 4.39 Å². The minimum absolute atomic E-state index is 0.0892. The van der Waals surface area contributed by atoms with Crippen LogP contribution in [-0.4, -0.2) is 47.7 Å². The van der Waals surface area contributed by atoms with Crippen LogP contribution in [0.5, 0.6) is 0 Å². The average Bonchev–Trinajstić information content (AvgIpc) is 2.87. The van der Waals surface area contributed by atoms with Crippen LogP contribution < -0.4 is 0 Å². The van der Waals surface area contributed by atoms with Gasteiger partial charge in [-0.3, -0.25) is 9.59 Å². The van der Waals surface area contributed by atoms with E-state index in [0.29, 0.717) is 12.1 Å². The van der Waals surface area contributed by atoms with Crippen molar-refractivity contribution in [2.24, 2.45) is 5.92 Å². The lowest BCUT2D eigenvalue weighted by Gasteiger charge is -2.29. The first-order chi connectivity index (χ1) is 9.93. The third kappa shape index (κ3) is 3.21. The lowest BCUT2D eigenvalue weighted by molar-refractivity contribution is -0.142. The Hall–Kier alpha value is -1.95. The molecule has 1 heterocycles. The first kappa shape index (κ1) is 15.4. The monoisotopic (exact) mass is 295 g/mol. The smallest absolute Gasteiger partial charge is 0.311 e. The highest BCUT2D eigenvalue weighted by molar-refractivity contribution is 5.95. The van der Waals surface area contributed by atoms with E-state index in [1.54, 1.807) is 19.9 Å². The highest BCUT2D eigenvalue weighted by Crippen LogP contribution is 2.22. The number of hydrogen-bond donors (Lipinski definition) is 1. The number of amides is 1. The second kappa shape index (κ2) is 6.22. The van der Waals surface area contributed by atoms with Gasteiger partial charge >= 0.3 is 5.97 Å². The fraction of sp³-hybridized carbons (Fsp3) is 0.467. The van der Waals surface area contributed by atoms with E-state index >= 15 is 0 Å². The van der Waals surface area contributed by atoms with Crippen molar-refractivity contribution in [2.75, 3.05) is 19.8 Å². The zero-order chi connectivity index (χ0) is 15.6. The van der Waals surface area contributed by atoms with E-state index in [4.69, 9.17) is 4.74 Å². The highest BCUT2D eigenvalue weighted by Gasteiger charge is 2.39. The Kier molecular flexibility index (Phi) is 4.57. The van der Waals surface area contributed by atoms with Crippen LogP contribution in [0.2, 0.25) is 0 Å². The molecule has 5 nitrogen and oxygen atoms in total. The molecule has 1 saturated heterocycles. The molecule has 0 radical (unpaired) electrons. The third-order valence-corrected chi connectivity index (χ3v) is 3.66. The Balaban J connectivity index is 2.28. The van der Waals surface area contributed by atoms with Crippen LogP contribution in [0.1, 0.15) is 22.8 Å². The maximum absolute atomic E-state index is 13.4. The van der Waals surface area contributed by atoms with Crippen LogP contribution in [0.3, 0.4) is 0 Å². The summed E-state index contributed by atoms with van der Waals surface area (Å²) in [4.78, 5) is 25.2. The number of carboxylic acids is 1. The standard InChI is InChI=1S/C15H18FNO4/c1-3-17(13-8-21-7-12(13)15(19)20)14(18)10-4-9(2)5-11(16)6-10/h4-6,12-13H,3,7-8H2,1-2H3,(H,19,20). The van der Waals surface area contributed by atoms with Crippen LogP contribution in [0.25, 0.3) is 0 Å². The summed E-state index contributed by atoms with van der Waals surface area (Å²) in [5.41, 5.74) is 0.872. The van der Waals surface area contributed by atoms with Gasteiger partial charge in [0.05, 0.1) is 19.3 Å². The van der Waals surface area contributed by atoms with Gasteiger partial charge in [0.2, 0.25) is 0 Å².